The van der Waals surface area contributed by atoms with Crippen LogP contribution in [0.5, 0.6) is 5.75 Å². The van der Waals surface area contributed by atoms with Crippen LogP contribution >= 0.6 is 12.2 Å². The maximum Gasteiger partial charge on any atom is 0.419 e. The molecule has 1 amide bonds. The highest BCUT2D eigenvalue weighted by Crippen LogP contribution is 2.37. The van der Waals surface area contributed by atoms with Crippen LogP contribution in [0.15, 0.2) is 29.8 Å². The Balaban J connectivity index is 2.26. The SMILES string of the molecule is CC(C)=CCOc1ccc(C(=S)N2CC[C@@H]2C(=O)NO)cc1C(F)(F)F. The van der Waals surface area contributed by atoms with E-state index >= 15 is 0 Å². The van der Waals surface area contributed by atoms with Gasteiger partial charge in [-0.3, -0.25) is 10.0 Å². The Hall–Kier alpha value is -2.13. The Bertz CT molecular complexity index is 730. The second-order valence-corrected chi connectivity index (χ2v) is 6.47. The summed E-state index contributed by atoms with van der Waals surface area (Å²) in [6.45, 7) is 4.10. The fraction of sp³-hybridized carbons (Fsp3) is 0.412. The number of likely N-dealkylation sites (tertiary alicyclic amines) is 1. The van der Waals surface area contributed by atoms with Gasteiger partial charge in [-0.05, 0) is 44.5 Å². The molecule has 1 aromatic carbocycles. The molecule has 1 aliphatic rings. The molecule has 0 radical (unpaired) electrons. The minimum atomic E-state index is -4.61. The second kappa shape index (κ2) is 8.05. The number of carbonyl (C=O) groups is 1. The van der Waals surface area contributed by atoms with Crippen molar-refractivity contribution in [3.05, 3.63) is 41.0 Å². The van der Waals surface area contributed by atoms with Crippen LogP contribution < -0.4 is 10.2 Å². The van der Waals surface area contributed by atoms with E-state index in [0.29, 0.717) is 13.0 Å². The first-order valence-corrected chi connectivity index (χ1v) is 8.28. The van der Waals surface area contributed by atoms with Gasteiger partial charge in [0.2, 0.25) is 0 Å². The molecule has 1 aromatic rings. The Morgan fingerprint density at radius 1 is 1.46 bits per heavy atom. The van der Waals surface area contributed by atoms with Crippen molar-refractivity contribution < 1.29 is 27.9 Å². The molecule has 0 unspecified atom stereocenters. The zero-order valence-corrected chi connectivity index (χ0v) is 15.1. The summed E-state index contributed by atoms with van der Waals surface area (Å²) in [7, 11) is 0. The van der Waals surface area contributed by atoms with Gasteiger partial charge in [0.1, 0.15) is 23.4 Å². The molecule has 1 fully saturated rings. The van der Waals surface area contributed by atoms with E-state index in [1.165, 1.54) is 22.5 Å². The van der Waals surface area contributed by atoms with Gasteiger partial charge in [-0.15, -0.1) is 0 Å². The van der Waals surface area contributed by atoms with E-state index in [2.05, 4.69) is 0 Å². The third-order valence-electron chi connectivity index (χ3n) is 3.96. The monoisotopic (exact) mass is 388 g/mol. The predicted octanol–water partition coefficient (Wildman–Crippen LogP) is 3.31. The number of amides is 1. The predicted molar refractivity (Wildman–Crippen MR) is 93.1 cm³/mol. The van der Waals surface area contributed by atoms with Crippen molar-refractivity contribution in [2.75, 3.05) is 13.2 Å². The number of ether oxygens (including phenoxy) is 1. The van der Waals surface area contributed by atoms with E-state index < -0.39 is 23.7 Å². The number of rotatable bonds is 5. The van der Waals surface area contributed by atoms with Crippen LogP contribution in [0.25, 0.3) is 0 Å². The fourth-order valence-electron chi connectivity index (χ4n) is 2.45. The summed E-state index contributed by atoms with van der Waals surface area (Å²) < 4.78 is 45.4. The van der Waals surface area contributed by atoms with Crippen molar-refractivity contribution in [3.8, 4) is 5.75 Å². The summed E-state index contributed by atoms with van der Waals surface area (Å²) in [6, 6.07) is 2.90. The number of hydroxylamine groups is 1. The lowest BCUT2D eigenvalue weighted by molar-refractivity contribution is -0.139. The Labute approximate surface area is 154 Å². The number of allylic oxidation sites excluding steroid dienone is 1. The van der Waals surface area contributed by atoms with Gasteiger partial charge in [0.15, 0.2) is 0 Å². The van der Waals surface area contributed by atoms with Gasteiger partial charge in [-0.2, -0.15) is 13.2 Å². The lowest BCUT2D eigenvalue weighted by Gasteiger charge is -2.41. The third kappa shape index (κ3) is 4.53. The average molecular weight is 388 g/mol. The van der Waals surface area contributed by atoms with E-state index in [0.717, 1.165) is 11.6 Å². The lowest BCUT2D eigenvalue weighted by Crippen LogP contribution is -2.57. The van der Waals surface area contributed by atoms with Gasteiger partial charge in [0.05, 0.1) is 5.56 Å². The lowest BCUT2D eigenvalue weighted by atomic mass is 10.00. The molecule has 0 aromatic heterocycles. The number of carbonyl (C=O) groups excluding carboxylic acids is 1. The van der Waals surface area contributed by atoms with E-state index in [1.807, 2.05) is 13.8 Å². The first-order valence-electron chi connectivity index (χ1n) is 7.87. The Morgan fingerprint density at radius 3 is 2.65 bits per heavy atom. The smallest absolute Gasteiger partial charge is 0.419 e. The topological polar surface area (TPSA) is 61.8 Å². The van der Waals surface area contributed by atoms with Crippen LogP contribution in [-0.4, -0.2) is 40.2 Å². The number of hydrogen-bond donors (Lipinski definition) is 2. The van der Waals surface area contributed by atoms with Crippen molar-refractivity contribution in [2.24, 2.45) is 0 Å². The Morgan fingerprint density at radius 2 is 2.15 bits per heavy atom. The molecule has 1 atom stereocenters. The van der Waals surface area contributed by atoms with Crippen LogP contribution in [0.4, 0.5) is 13.2 Å². The highest BCUT2D eigenvalue weighted by Gasteiger charge is 2.38. The van der Waals surface area contributed by atoms with Crippen molar-refractivity contribution in [1.82, 2.24) is 10.4 Å². The van der Waals surface area contributed by atoms with Crippen molar-refractivity contribution in [3.63, 3.8) is 0 Å². The molecular weight excluding hydrogens is 369 g/mol. The van der Waals surface area contributed by atoms with Gasteiger partial charge in [0.25, 0.3) is 5.91 Å². The number of hydrogen-bond acceptors (Lipinski definition) is 4. The second-order valence-electron chi connectivity index (χ2n) is 6.08. The molecular formula is C17H19F3N2O3S. The molecule has 2 N–H and O–H groups in total. The molecule has 26 heavy (non-hydrogen) atoms. The first kappa shape index (κ1) is 20.2. The highest BCUT2D eigenvalue weighted by molar-refractivity contribution is 7.80. The van der Waals surface area contributed by atoms with E-state index in [1.54, 1.807) is 6.08 Å². The summed E-state index contributed by atoms with van der Waals surface area (Å²) >= 11 is 5.23. The molecule has 1 heterocycles. The Kier molecular flexibility index (Phi) is 6.25. The first-order chi connectivity index (χ1) is 12.1. The summed E-state index contributed by atoms with van der Waals surface area (Å²) in [5, 5.41) is 8.71. The molecule has 5 nitrogen and oxygen atoms in total. The molecule has 0 spiro atoms. The minimum Gasteiger partial charge on any atom is -0.489 e. The van der Waals surface area contributed by atoms with Crippen LogP contribution in [0.2, 0.25) is 0 Å². The van der Waals surface area contributed by atoms with Gasteiger partial charge in [-0.1, -0.05) is 17.8 Å². The van der Waals surface area contributed by atoms with Gasteiger partial charge < -0.3 is 9.64 Å². The van der Waals surface area contributed by atoms with Gasteiger partial charge in [0, 0.05) is 12.1 Å². The van der Waals surface area contributed by atoms with Gasteiger partial charge >= 0.3 is 6.18 Å². The number of alkyl halides is 3. The molecule has 0 bridgehead atoms. The summed E-state index contributed by atoms with van der Waals surface area (Å²) in [4.78, 5) is 13.1. The van der Waals surface area contributed by atoms with Crippen LogP contribution in [-0.2, 0) is 11.0 Å². The maximum absolute atomic E-state index is 13.4. The standard InChI is InChI=1S/C17H19F3N2O3S/c1-10(2)6-8-25-14-4-3-11(9-12(14)17(18,19)20)16(26)22-7-5-13(22)15(23)21-24/h3-4,6,9,13,24H,5,7-8H2,1-2H3,(H,21,23)/t13-/m1/s1. The minimum absolute atomic E-state index is 0.0279. The summed E-state index contributed by atoms with van der Waals surface area (Å²) in [5.74, 6) is -0.925. The number of nitrogens with zero attached hydrogens (tertiary/aromatic N) is 1. The number of halogens is 3. The quantitative estimate of drug-likeness (QED) is 0.351. The zero-order chi connectivity index (χ0) is 19.5. The molecule has 142 valence electrons. The van der Waals surface area contributed by atoms with E-state index in [4.69, 9.17) is 22.2 Å². The fourth-order valence-corrected chi connectivity index (χ4v) is 2.80. The number of thiocarbonyl (C=S) groups is 1. The number of nitrogens with one attached hydrogen (secondary N) is 1. The average Bonchev–Trinajstić information content (AvgIpc) is 2.52. The summed E-state index contributed by atoms with van der Waals surface area (Å²) in [5.41, 5.74) is 1.70. The molecule has 0 saturated carbocycles. The van der Waals surface area contributed by atoms with Gasteiger partial charge in [-0.25, -0.2) is 5.48 Å². The molecule has 9 heteroatoms. The largest absolute Gasteiger partial charge is 0.489 e. The van der Waals surface area contributed by atoms with E-state index in [9.17, 15) is 18.0 Å². The van der Waals surface area contributed by atoms with Crippen molar-refractivity contribution in [2.45, 2.75) is 32.5 Å². The molecule has 1 aliphatic heterocycles. The zero-order valence-electron chi connectivity index (χ0n) is 14.3. The third-order valence-corrected chi connectivity index (χ3v) is 4.43. The molecule has 2 rings (SSSR count). The molecule has 0 aliphatic carbocycles. The van der Waals surface area contributed by atoms with Crippen LogP contribution in [0.1, 0.15) is 31.4 Å². The number of benzene rings is 1. The summed E-state index contributed by atoms with van der Waals surface area (Å²) in [6.07, 6.45) is -2.47. The van der Waals surface area contributed by atoms with Crippen LogP contribution in [0, 0.1) is 0 Å². The molecule has 1 saturated heterocycles. The maximum atomic E-state index is 13.4. The van der Waals surface area contributed by atoms with Crippen molar-refractivity contribution in [1.29, 1.82) is 0 Å². The van der Waals surface area contributed by atoms with Crippen molar-refractivity contribution >= 4 is 23.1 Å². The van der Waals surface area contributed by atoms with Crippen LogP contribution in [0.3, 0.4) is 0 Å². The normalized spacial score (nSPS) is 16.5. The van der Waals surface area contributed by atoms with E-state index in [-0.39, 0.29) is 22.9 Å². The highest BCUT2D eigenvalue weighted by atomic mass is 32.1.